The van der Waals surface area contributed by atoms with Crippen LogP contribution in [0.15, 0.2) is 36.4 Å². The monoisotopic (exact) mass is 289 g/mol. The number of aromatic amines is 1. The van der Waals surface area contributed by atoms with Crippen LogP contribution < -0.4 is 5.73 Å². The van der Waals surface area contributed by atoms with E-state index in [4.69, 9.17) is 5.73 Å². The van der Waals surface area contributed by atoms with Crippen LogP contribution in [0.1, 0.15) is 21.7 Å². The van der Waals surface area contributed by atoms with Crippen LogP contribution in [-0.4, -0.2) is 15.9 Å². The summed E-state index contributed by atoms with van der Waals surface area (Å²) < 4.78 is 0. The summed E-state index contributed by atoms with van der Waals surface area (Å²) in [5, 5.41) is 4.04. The summed E-state index contributed by atoms with van der Waals surface area (Å²) in [5.41, 5.74) is 9.89. The predicted molar refractivity (Wildman–Crippen MR) is 89.1 cm³/mol. The minimum absolute atomic E-state index is 0.338. The first kappa shape index (κ1) is 12.8. The van der Waals surface area contributed by atoms with Crippen LogP contribution in [0.3, 0.4) is 0 Å². The van der Waals surface area contributed by atoms with Gasteiger partial charge in [-0.2, -0.15) is 0 Å². The average Bonchev–Trinajstić information content (AvgIpc) is 2.87. The highest BCUT2D eigenvalue weighted by Gasteiger charge is 2.15. The van der Waals surface area contributed by atoms with Crippen LogP contribution in [0, 0.1) is 13.8 Å². The molecule has 0 aliphatic carbocycles. The number of pyridine rings is 1. The number of carbonyl (C=O) groups is 1. The first-order valence-electron chi connectivity index (χ1n) is 7.17. The number of nitrogens with one attached hydrogen (secondary N) is 1. The number of hydrogen-bond donors (Lipinski definition) is 2. The number of fused-ring (bicyclic) bond motifs is 4. The summed E-state index contributed by atoms with van der Waals surface area (Å²) in [4.78, 5) is 19.6. The number of benzene rings is 2. The van der Waals surface area contributed by atoms with Crippen molar-refractivity contribution in [2.75, 3.05) is 0 Å². The van der Waals surface area contributed by atoms with Crippen molar-refractivity contribution in [3.05, 3.63) is 53.3 Å². The molecule has 0 radical (unpaired) electrons. The number of rotatable bonds is 1. The number of H-pyrrole nitrogens is 1. The van der Waals surface area contributed by atoms with Gasteiger partial charge >= 0.3 is 0 Å². The highest BCUT2D eigenvalue weighted by Crippen LogP contribution is 2.32. The lowest BCUT2D eigenvalue weighted by Gasteiger charge is -2.09. The van der Waals surface area contributed by atoms with Gasteiger partial charge in [0.2, 0.25) is 0 Å². The van der Waals surface area contributed by atoms with Gasteiger partial charge in [-0.3, -0.25) is 4.79 Å². The van der Waals surface area contributed by atoms with Crippen molar-refractivity contribution in [3.8, 4) is 0 Å². The zero-order valence-corrected chi connectivity index (χ0v) is 12.4. The van der Waals surface area contributed by atoms with Crippen LogP contribution in [-0.2, 0) is 0 Å². The van der Waals surface area contributed by atoms with E-state index < -0.39 is 5.91 Å². The maximum atomic E-state index is 11.8. The van der Waals surface area contributed by atoms with Crippen molar-refractivity contribution >= 4 is 38.5 Å². The number of aromatic nitrogens is 2. The maximum Gasteiger partial charge on any atom is 0.267 e. The largest absolute Gasteiger partial charge is 0.364 e. The topological polar surface area (TPSA) is 71.8 Å². The fourth-order valence-electron chi connectivity index (χ4n) is 3.10. The number of carbonyl (C=O) groups excluding carboxylic acids is 1. The third-order valence-corrected chi connectivity index (χ3v) is 4.36. The molecule has 0 spiro atoms. The third-order valence-electron chi connectivity index (χ3n) is 4.36. The van der Waals surface area contributed by atoms with Crippen molar-refractivity contribution in [1.29, 1.82) is 0 Å². The van der Waals surface area contributed by atoms with Crippen LogP contribution in [0.2, 0.25) is 0 Å². The molecule has 4 nitrogen and oxygen atoms in total. The second kappa shape index (κ2) is 4.31. The molecule has 0 saturated carbocycles. The van der Waals surface area contributed by atoms with Gasteiger partial charge in [0.25, 0.3) is 5.91 Å². The summed E-state index contributed by atoms with van der Waals surface area (Å²) in [6.45, 7) is 3.92. The Morgan fingerprint density at radius 3 is 2.55 bits per heavy atom. The molecule has 4 heteroatoms. The lowest BCUT2D eigenvalue weighted by Crippen LogP contribution is -2.14. The van der Waals surface area contributed by atoms with Crippen LogP contribution in [0.25, 0.3) is 32.6 Å². The van der Waals surface area contributed by atoms with Gasteiger partial charge in [-0.25, -0.2) is 4.98 Å². The van der Waals surface area contributed by atoms with Crippen LogP contribution in [0.4, 0.5) is 0 Å². The molecular weight excluding hydrogens is 274 g/mol. The van der Waals surface area contributed by atoms with Gasteiger partial charge < -0.3 is 10.7 Å². The highest BCUT2D eigenvalue weighted by molar-refractivity contribution is 6.15. The molecule has 0 fully saturated rings. The van der Waals surface area contributed by atoms with E-state index in [1.54, 1.807) is 0 Å². The van der Waals surface area contributed by atoms with Crippen molar-refractivity contribution in [2.45, 2.75) is 13.8 Å². The molecule has 108 valence electrons. The van der Waals surface area contributed by atoms with Crippen molar-refractivity contribution in [1.82, 2.24) is 9.97 Å². The van der Waals surface area contributed by atoms with Gasteiger partial charge in [0, 0.05) is 32.9 Å². The van der Waals surface area contributed by atoms with Gasteiger partial charge in [0.1, 0.15) is 5.69 Å². The van der Waals surface area contributed by atoms with Crippen molar-refractivity contribution in [2.24, 2.45) is 5.73 Å². The molecule has 4 aromatic rings. The Bertz CT molecular complexity index is 1080. The molecule has 0 atom stereocenters. The van der Waals surface area contributed by atoms with E-state index in [-0.39, 0.29) is 0 Å². The van der Waals surface area contributed by atoms with Crippen molar-refractivity contribution < 1.29 is 4.79 Å². The van der Waals surface area contributed by atoms with Gasteiger partial charge in [-0.1, -0.05) is 18.2 Å². The lowest BCUT2D eigenvalue weighted by molar-refractivity contribution is 0.0997. The number of nitrogens with two attached hydrogens (primary N) is 1. The number of hydrogen-bond acceptors (Lipinski definition) is 2. The Balaban J connectivity index is 2.26. The van der Waals surface area contributed by atoms with E-state index in [0.717, 1.165) is 43.8 Å². The second-order valence-corrected chi connectivity index (χ2v) is 5.65. The summed E-state index contributed by atoms with van der Waals surface area (Å²) >= 11 is 0. The van der Waals surface area contributed by atoms with Gasteiger partial charge in [-0.15, -0.1) is 0 Å². The number of aryl methyl sites for hydroxylation is 2. The molecule has 0 saturated heterocycles. The Kier molecular flexibility index (Phi) is 2.51. The van der Waals surface area contributed by atoms with Gasteiger partial charge in [0.05, 0.1) is 0 Å². The summed E-state index contributed by atoms with van der Waals surface area (Å²) in [6.07, 6.45) is 0. The van der Waals surface area contributed by atoms with Crippen LogP contribution >= 0.6 is 0 Å². The van der Waals surface area contributed by atoms with E-state index in [0.29, 0.717) is 5.69 Å². The Hall–Kier alpha value is -2.88. The minimum Gasteiger partial charge on any atom is -0.364 e. The molecule has 22 heavy (non-hydrogen) atoms. The van der Waals surface area contributed by atoms with Crippen LogP contribution in [0.5, 0.6) is 0 Å². The molecule has 0 bridgehead atoms. The molecule has 0 unspecified atom stereocenters. The maximum absolute atomic E-state index is 11.8. The number of nitrogens with zero attached hydrogens (tertiary/aromatic N) is 1. The van der Waals surface area contributed by atoms with Gasteiger partial charge in [0.15, 0.2) is 0 Å². The number of amides is 1. The Morgan fingerprint density at radius 2 is 1.77 bits per heavy atom. The molecule has 0 aliphatic rings. The zero-order valence-electron chi connectivity index (χ0n) is 12.4. The first-order valence-corrected chi connectivity index (χ1v) is 7.17. The SMILES string of the molecule is Cc1nc(C(N)=O)c2cc3c(cc2c1C)[nH]c1ccccc13. The van der Waals surface area contributed by atoms with E-state index in [1.165, 1.54) is 0 Å². The molecule has 2 aromatic carbocycles. The van der Waals surface area contributed by atoms with E-state index in [2.05, 4.69) is 22.1 Å². The quantitative estimate of drug-likeness (QED) is 0.562. The molecule has 2 heterocycles. The fourth-order valence-corrected chi connectivity index (χ4v) is 3.10. The second-order valence-electron chi connectivity index (χ2n) is 5.65. The van der Waals surface area contributed by atoms with E-state index >= 15 is 0 Å². The third kappa shape index (κ3) is 1.64. The standard InChI is InChI=1S/C18H15N3O/c1-9-10(2)20-17(18(19)22)14-7-13-11-5-3-4-6-15(11)21-16(13)8-12(9)14/h3-8,21H,1-2H3,(H2,19,22). The molecule has 0 aliphatic heterocycles. The predicted octanol–water partition coefficient (Wildman–Crippen LogP) is 3.59. The molecule has 4 rings (SSSR count). The normalized spacial score (nSPS) is 11.5. The Morgan fingerprint density at radius 1 is 1.00 bits per heavy atom. The Labute approximate surface area is 127 Å². The summed E-state index contributed by atoms with van der Waals surface area (Å²) in [7, 11) is 0. The number of para-hydroxylation sites is 1. The fraction of sp³-hybridized carbons (Fsp3) is 0.111. The van der Waals surface area contributed by atoms with E-state index in [1.807, 2.05) is 38.1 Å². The van der Waals surface area contributed by atoms with E-state index in [9.17, 15) is 4.79 Å². The molecule has 2 aromatic heterocycles. The highest BCUT2D eigenvalue weighted by atomic mass is 16.1. The van der Waals surface area contributed by atoms with Gasteiger partial charge in [-0.05, 0) is 43.0 Å². The first-order chi connectivity index (χ1) is 10.6. The summed E-state index contributed by atoms with van der Waals surface area (Å²) in [6, 6.07) is 12.2. The molecular formula is C18H15N3O. The lowest BCUT2D eigenvalue weighted by atomic mass is 10.00. The molecule has 3 N–H and O–H groups in total. The number of primary amides is 1. The van der Waals surface area contributed by atoms with Crippen molar-refractivity contribution in [3.63, 3.8) is 0 Å². The summed E-state index contributed by atoms with van der Waals surface area (Å²) in [5.74, 6) is -0.493. The minimum atomic E-state index is -0.493. The smallest absolute Gasteiger partial charge is 0.267 e. The average molecular weight is 289 g/mol. The molecule has 1 amide bonds. The zero-order chi connectivity index (χ0) is 15.4.